The number of aliphatic hydroxyl groups excluding tert-OH is 1. The molecule has 8 nitrogen and oxygen atoms in total. The summed E-state index contributed by atoms with van der Waals surface area (Å²) < 4.78 is 6.01. The highest BCUT2D eigenvalue weighted by atomic mass is 35.5. The molecule has 1 saturated carbocycles. The number of rotatable bonds is 5. The summed E-state index contributed by atoms with van der Waals surface area (Å²) in [6, 6.07) is 8.69. The topological polar surface area (TPSA) is 91.9 Å². The van der Waals surface area contributed by atoms with Crippen molar-refractivity contribution in [2.75, 3.05) is 18.0 Å². The zero-order valence-corrected chi connectivity index (χ0v) is 18.5. The number of hydrogen-bond donors (Lipinski definition) is 2. The summed E-state index contributed by atoms with van der Waals surface area (Å²) >= 11 is 6.08. The first kappa shape index (κ1) is 22.3. The Morgan fingerprint density at radius 1 is 1.12 bits per heavy atom. The highest BCUT2D eigenvalue weighted by Gasteiger charge is 2.25. The van der Waals surface area contributed by atoms with Crippen LogP contribution in [0.4, 0.5) is 11.5 Å². The zero-order valence-electron chi connectivity index (χ0n) is 17.7. The first-order valence-electron chi connectivity index (χ1n) is 10.9. The first-order chi connectivity index (χ1) is 15.5. The lowest BCUT2D eigenvalue weighted by atomic mass is 9.93. The molecule has 1 aliphatic heterocycles. The molecule has 0 bridgehead atoms. The molecule has 1 aliphatic carbocycles. The van der Waals surface area contributed by atoms with Crippen LogP contribution >= 0.6 is 11.6 Å². The van der Waals surface area contributed by atoms with Gasteiger partial charge < -0.3 is 20.1 Å². The van der Waals surface area contributed by atoms with E-state index in [1.54, 1.807) is 24.3 Å². The van der Waals surface area contributed by atoms with Crippen molar-refractivity contribution in [3.8, 4) is 5.75 Å². The summed E-state index contributed by atoms with van der Waals surface area (Å²) in [5, 5.41) is 21.4. The molecule has 0 unspecified atom stereocenters. The van der Waals surface area contributed by atoms with Gasteiger partial charge in [-0.3, -0.25) is 4.79 Å². The van der Waals surface area contributed by atoms with E-state index in [0.29, 0.717) is 22.2 Å². The van der Waals surface area contributed by atoms with Crippen molar-refractivity contribution in [1.29, 1.82) is 0 Å². The van der Waals surface area contributed by atoms with Crippen LogP contribution in [0.1, 0.15) is 49.0 Å². The molecule has 2 aromatic rings. The van der Waals surface area contributed by atoms with Crippen LogP contribution in [-0.4, -0.2) is 52.6 Å². The van der Waals surface area contributed by atoms with Gasteiger partial charge in [0.2, 0.25) is 5.69 Å². The van der Waals surface area contributed by atoms with Gasteiger partial charge >= 0.3 is 0 Å². The van der Waals surface area contributed by atoms with Crippen molar-refractivity contribution in [1.82, 2.24) is 15.5 Å². The highest BCUT2D eigenvalue weighted by Crippen LogP contribution is 2.31. The molecule has 2 N–H and O–H groups in total. The monoisotopic (exact) mass is 455 g/mol. The minimum absolute atomic E-state index is 0.0557. The molecule has 2 aliphatic rings. The molecule has 1 amide bonds. The molecular weight excluding hydrogens is 430 g/mol. The second-order valence-corrected chi connectivity index (χ2v) is 8.69. The van der Waals surface area contributed by atoms with Crippen molar-refractivity contribution >= 4 is 29.0 Å². The average molecular weight is 456 g/mol. The van der Waals surface area contributed by atoms with E-state index in [0.717, 1.165) is 57.4 Å². The third kappa shape index (κ3) is 5.47. The molecule has 2 fully saturated rings. The number of anilines is 1. The van der Waals surface area contributed by atoms with Crippen molar-refractivity contribution in [3.05, 3.63) is 52.5 Å². The molecule has 0 atom stereocenters. The van der Waals surface area contributed by atoms with E-state index in [1.165, 1.54) is 0 Å². The number of aromatic nitrogens is 2. The summed E-state index contributed by atoms with van der Waals surface area (Å²) in [6.45, 7) is 8.54. The van der Waals surface area contributed by atoms with Gasteiger partial charge in [-0.15, -0.1) is 10.2 Å². The van der Waals surface area contributed by atoms with Crippen molar-refractivity contribution in [2.24, 2.45) is 0 Å². The predicted molar refractivity (Wildman–Crippen MR) is 121 cm³/mol. The lowest BCUT2D eigenvalue weighted by Crippen LogP contribution is -2.40. The number of halogens is 1. The number of nitrogens with one attached hydrogen (secondary N) is 1. The molecule has 0 radical (unpaired) electrons. The Labute approximate surface area is 192 Å². The van der Waals surface area contributed by atoms with E-state index in [2.05, 4.69) is 25.3 Å². The molecule has 32 heavy (non-hydrogen) atoms. The Kier molecular flexibility index (Phi) is 7.08. The number of hydrogen-bond acceptors (Lipinski definition) is 6. The van der Waals surface area contributed by atoms with Gasteiger partial charge in [0, 0.05) is 19.1 Å². The number of carbonyl (C=O) groups is 1. The minimum Gasteiger partial charge on any atom is -0.490 e. The third-order valence-corrected chi connectivity index (χ3v) is 6.33. The summed E-state index contributed by atoms with van der Waals surface area (Å²) in [7, 11) is 0. The van der Waals surface area contributed by atoms with Crippen LogP contribution in [0.25, 0.3) is 4.85 Å². The Balaban J connectivity index is 1.24. The van der Waals surface area contributed by atoms with Crippen LogP contribution in [0.3, 0.4) is 0 Å². The molecule has 9 heteroatoms. The van der Waals surface area contributed by atoms with Crippen LogP contribution in [0.5, 0.6) is 5.75 Å². The lowest BCUT2D eigenvalue weighted by molar-refractivity contribution is 0.0888. The summed E-state index contributed by atoms with van der Waals surface area (Å²) in [6.07, 6.45) is 4.51. The smallest absolute Gasteiger partial charge is 0.272 e. The maximum Gasteiger partial charge on any atom is 0.272 e. The Morgan fingerprint density at radius 2 is 1.88 bits per heavy atom. The van der Waals surface area contributed by atoms with Gasteiger partial charge in [-0.1, -0.05) is 17.7 Å². The first-order valence-corrected chi connectivity index (χ1v) is 11.3. The van der Waals surface area contributed by atoms with E-state index in [-0.39, 0.29) is 24.2 Å². The molecule has 1 saturated heterocycles. The molecule has 1 aromatic carbocycles. The maximum absolute atomic E-state index is 12.6. The molecule has 0 spiro atoms. The van der Waals surface area contributed by atoms with Gasteiger partial charge in [0.15, 0.2) is 11.5 Å². The number of nitrogens with zero attached hydrogens (tertiary/aromatic N) is 4. The molecule has 168 valence electrons. The summed E-state index contributed by atoms with van der Waals surface area (Å²) in [5.74, 6) is 1.17. The van der Waals surface area contributed by atoms with Gasteiger partial charge in [-0.25, -0.2) is 4.85 Å². The quantitative estimate of drug-likeness (QED) is 0.667. The average Bonchev–Trinajstić information content (AvgIpc) is 2.81. The van der Waals surface area contributed by atoms with Crippen molar-refractivity contribution < 1.29 is 14.6 Å². The molecule has 1 aromatic heterocycles. The predicted octanol–water partition coefficient (Wildman–Crippen LogP) is 3.76. The SMILES string of the molecule is [C-]#[N+]c1ccc(OC2CCC(NC(=O)c3ccc(N4CCC(O)CC4)nn3)CC2)cc1Cl. The van der Waals surface area contributed by atoms with E-state index in [4.69, 9.17) is 22.9 Å². The Bertz CT molecular complexity index is 978. The van der Waals surface area contributed by atoms with Crippen LogP contribution in [0.15, 0.2) is 30.3 Å². The molecule has 4 rings (SSSR count). The molecule has 2 heterocycles. The number of benzene rings is 1. The Morgan fingerprint density at radius 3 is 2.50 bits per heavy atom. The summed E-state index contributed by atoms with van der Waals surface area (Å²) in [4.78, 5) is 18.0. The molecular formula is C23H26ClN5O3. The van der Waals surface area contributed by atoms with Gasteiger partial charge in [0.05, 0.1) is 23.8 Å². The fourth-order valence-electron chi connectivity index (χ4n) is 4.14. The van der Waals surface area contributed by atoms with Gasteiger partial charge in [-0.05, 0) is 62.8 Å². The highest BCUT2D eigenvalue weighted by molar-refractivity contribution is 6.33. The fraction of sp³-hybridized carbons (Fsp3) is 0.478. The number of amides is 1. The third-order valence-electron chi connectivity index (χ3n) is 6.02. The normalized spacial score (nSPS) is 21.6. The second-order valence-electron chi connectivity index (χ2n) is 8.28. The zero-order chi connectivity index (χ0) is 22.5. The van der Waals surface area contributed by atoms with E-state index in [9.17, 15) is 9.90 Å². The van der Waals surface area contributed by atoms with Crippen LogP contribution in [-0.2, 0) is 0 Å². The van der Waals surface area contributed by atoms with Crippen LogP contribution in [0.2, 0.25) is 5.02 Å². The summed E-state index contributed by atoms with van der Waals surface area (Å²) in [5.41, 5.74) is 0.718. The Hall–Kier alpha value is -2.89. The van der Waals surface area contributed by atoms with Crippen molar-refractivity contribution in [3.63, 3.8) is 0 Å². The van der Waals surface area contributed by atoms with Crippen molar-refractivity contribution in [2.45, 2.75) is 56.8 Å². The fourth-order valence-corrected chi connectivity index (χ4v) is 4.35. The van der Waals surface area contributed by atoms with E-state index in [1.807, 2.05) is 6.07 Å². The number of aliphatic hydroxyl groups is 1. The lowest BCUT2D eigenvalue weighted by Gasteiger charge is -2.30. The number of piperidine rings is 1. The second kappa shape index (κ2) is 10.2. The maximum atomic E-state index is 12.6. The number of carbonyl (C=O) groups excluding carboxylic acids is 1. The number of ether oxygens (including phenoxy) is 1. The van der Waals surface area contributed by atoms with E-state index < -0.39 is 0 Å². The van der Waals surface area contributed by atoms with Crippen LogP contribution < -0.4 is 15.0 Å². The minimum atomic E-state index is -0.243. The largest absolute Gasteiger partial charge is 0.490 e. The van der Waals surface area contributed by atoms with Gasteiger partial charge in [0.1, 0.15) is 5.75 Å². The van der Waals surface area contributed by atoms with Gasteiger partial charge in [0.25, 0.3) is 5.91 Å². The van der Waals surface area contributed by atoms with E-state index >= 15 is 0 Å². The standard InChI is InChI=1S/C23H26ClN5O3/c1-25-20-7-6-18(14-19(20)24)32-17-4-2-15(3-5-17)26-23(31)21-8-9-22(28-27-21)29-12-10-16(30)11-13-29/h6-9,14-17,30H,2-5,10-13H2,(H,26,31). The van der Waals surface area contributed by atoms with Crippen LogP contribution in [0, 0.1) is 6.57 Å². The van der Waals surface area contributed by atoms with Gasteiger partial charge in [-0.2, -0.15) is 0 Å².